The quantitative estimate of drug-likeness (QED) is 0.629. The molecule has 3 heterocycles. The minimum Gasteiger partial charge on any atom is -0.461 e. The second kappa shape index (κ2) is 9.45. The Morgan fingerprint density at radius 3 is 2.55 bits per heavy atom. The summed E-state index contributed by atoms with van der Waals surface area (Å²) in [5.41, 5.74) is 2.13. The second-order valence-electron chi connectivity index (χ2n) is 8.72. The van der Waals surface area contributed by atoms with Gasteiger partial charge in [-0.25, -0.2) is 14.6 Å². The zero-order valence-electron chi connectivity index (χ0n) is 18.9. The average molecular weight is 426 g/mol. The minimum atomic E-state index is -0.636. The number of nitrogens with zero attached hydrogens (tertiary/aromatic N) is 3. The Labute approximate surface area is 183 Å². The summed E-state index contributed by atoms with van der Waals surface area (Å²) in [4.78, 5) is 36.5. The number of hydrogen-bond acceptors (Lipinski definition) is 6. The van der Waals surface area contributed by atoms with Crippen molar-refractivity contribution in [3.8, 4) is 0 Å². The van der Waals surface area contributed by atoms with Crippen LogP contribution in [-0.4, -0.2) is 39.1 Å². The highest BCUT2D eigenvalue weighted by atomic mass is 16.6. The summed E-state index contributed by atoms with van der Waals surface area (Å²) >= 11 is 0. The summed E-state index contributed by atoms with van der Waals surface area (Å²) in [6.45, 7) is 9.59. The molecule has 1 fully saturated rings. The molecule has 0 radical (unpaired) electrons. The van der Waals surface area contributed by atoms with Crippen molar-refractivity contribution >= 4 is 12.1 Å². The molecule has 0 bridgehead atoms. The Morgan fingerprint density at radius 2 is 1.87 bits per heavy atom. The van der Waals surface area contributed by atoms with Gasteiger partial charge in [-0.2, -0.15) is 0 Å². The molecule has 2 aromatic rings. The van der Waals surface area contributed by atoms with E-state index in [9.17, 15) is 9.59 Å². The third-order valence-electron chi connectivity index (χ3n) is 5.19. The van der Waals surface area contributed by atoms with Crippen LogP contribution in [0.2, 0.25) is 0 Å². The number of rotatable bonds is 4. The summed E-state index contributed by atoms with van der Waals surface area (Å²) in [6, 6.07) is 8.57. The van der Waals surface area contributed by atoms with Crippen LogP contribution in [0, 0.1) is 6.92 Å². The van der Waals surface area contributed by atoms with E-state index >= 15 is 0 Å². The van der Waals surface area contributed by atoms with Gasteiger partial charge in [0.2, 0.25) is 0 Å². The molecule has 0 saturated carbocycles. The van der Waals surface area contributed by atoms with E-state index in [2.05, 4.69) is 9.97 Å². The Bertz CT molecular complexity index is 938. The van der Waals surface area contributed by atoms with Crippen LogP contribution in [0.3, 0.4) is 0 Å². The predicted octanol–water partition coefficient (Wildman–Crippen LogP) is 5.17. The number of pyridine rings is 2. The van der Waals surface area contributed by atoms with Gasteiger partial charge in [0.15, 0.2) is 0 Å². The summed E-state index contributed by atoms with van der Waals surface area (Å²) < 4.78 is 10.9. The van der Waals surface area contributed by atoms with Gasteiger partial charge in [-0.05, 0) is 77.6 Å². The van der Waals surface area contributed by atoms with E-state index in [1.165, 1.54) is 0 Å². The van der Waals surface area contributed by atoms with E-state index in [-0.39, 0.29) is 24.4 Å². The van der Waals surface area contributed by atoms with Gasteiger partial charge in [0.1, 0.15) is 11.3 Å². The van der Waals surface area contributed by atoms with Crippen LogP contribution in [0.5, 0.6) is 0 Å². The topological polar surface area (TPSA) is 81.6 Å². The van der Waals surface area contributed by atoms with Crippen LogP contribution in [0.25, 0.3) is 0 Å². The summed E-state index contributed by atoms with van der Waals surface area (Å²) in [5, 5.41) is 0. The maximum Gasteiger partial charge on any atom is 0.411 e. The molecule has 1 aliphatic rings. The Kier molecular flexibility index (Phi) is 6.93. The normalized spacial score (nSPS) is 19.1. The van der Waals surface area contributed by atoms with Crippen LogP contribution in [0.1, 0.15) is 86.5 Å². The van der Waals surface area contributed by atoms with Gasteiger partial charge < -0.3 is 9.47 Å². The molecule has 1 saturated heterocycles. The molecule has 31 heavy (non-hydrogen) atoms. The molecular formula is C24H31N3O4. The lowest BCUT2D eigenvalue weighted by molar-refractivity contribution is -0.00804. The molecule has 1 aliphatic heterocycles. The van der Waals surface area contributed by atoms with Crippen molar-refractivity contribution in [2.45, 2.75) is 71.6 Å². The Hall–Kier alpha value is -2.96. The third-order valence-corrected chi connectivity index (χ3v) is 5.19. The first kappa shape index (κ1) is 22.7. The van der Waals surface area contributed by atoms with Crippen LogP contribution >= 0.6 is 0 Å². The van der Waals surface area contributed by atoms with Crippen LogP contribution in [0.4, 0.5) is 4.79 Å². The van der Waals surface area contributed by atoms with Crippen molar-refractivity contribution in [1.82, 2.24) is 14.9 Å². The summed E-state index contributed by atoms with van der Waals surface area (Å²) in [5.74, 6) is -0.471. The highest BCUT2D eigenvalue weighted by Crippen LogP contribution is 2.42. The van der Waals surface area contributed by atoms with Crippen molar-refractivity contribution < 1.29 is 19.1 Å². The number of aryl methyl sites for hydroxylation is 1. The zero-order valence-corrected chi connectivity index (χ0v) is 18.9. The van der Waals surface area contributed by atoms with Crippen molar-refractivity contribution in [2.75, 3.05) is 6.61 Å². The molecule has 0 spiro atoms. The number of amides is 1. The number of likely N-dealkylation sites (tertiary alicyclic amines) is 1. The highest BCUT2D eigenvalue weighted by Gasteiger charge is 2.40. The molecule has 3 rings (SSSR count). The maximum absolute atomic E-state index is 13.4. The first-order valence-electron chi connectivity index (χ1n) is 10.8. The van der Waals surface area contributed by atoms with Gasteiger partial charge in [-0.15, -0.1) is 0 Å². The molecular weight excluding hydrogens is 394 g/mol. The minimum absolute atomic E-state index is 0.233. The van der Waals surface area contributed by atoms with E-state index in [4.69, 9.17) is 9.47 Å². The summed E-state index contributed by atoms with van der Waals surface area (Å²) in [6.07, 6.45) is 3.75. The lowest BCUT2D eigenvalue weighted by Crippen LogP contribution is -2.44. The number of carbonyl (C=O) groups excluding carboxylic acids is 2. The van der Waals surface area contributed by atoms with Crippen LogP contribution < -0.4 is 0 Å². The second-order valence-corrected chi connectivity index (χ2v) is 8.72. The summed E-state index contributed by atoms with van der Waals surface area (Å²) in [7, 11) is 0. The van der Waals surface area contributed by atoms with Gasteiger partial charge in [-0.1, -0.05) is 12.1 Å². The molecule has 2 unspecified atom stereocenters. The smallest absolute Gasteiger partial charge is 0.411 e. The fraction of sp³-hybridized carbons (Fsp3) is 0.500. The molecule has 7 heteroatoms. The van der Waals surface area contributed by atoms with Crippen molar-refractivity contribution in [1.29, 1.82) is 0 Å². The van der Waals surface area contributed by atoms with E-state index in [1.807, 2.05) is 45.9 Å². The van der Waals surface area contributed by atoms with Crippen molar-refractivity contribution in [2.24, 2.45) is 0 Å². The van der Waals surface area contributed by atoms with Crippen LogP contribution in [0.15, 0.2) is 36.5 Å². The first-order chi connectivity index (χ1) is 14.7. The molecule has 0 aliphatic carbocycles. The highest BCUT2D eigenvalue weighted by molar-refractivity contribution is 5.87. The Morgan fingerprint density at radius 1 is 1.13 bits per heavy atom. The number of piperidine rings is 1. The van der Waals surface area contributed by atoms with E-state index in [0.29, 0.717) is 5.69 Å². The maximum atomic E-state index is 13.4. The number of ether oxygens (including phenoxy) is 2. The molecule has 2 atom stereocenters. The fourth-order valence-electron chi connectivity index (χ4n) is 3.93. The number of esters is 1. The van der Waals surface area contributed by atoms with Gasteiger partial charge in [0.25, 0.3) is 0 Å². The van der Waals surface area contributed by atoms with E-state index in [1.54, 1.807) is 30.2 Å². The lowest BCUT2D eigenvalue weighted by Gasteiger charge is -2.42. The van der Waals surface area contributed by atoms with Gasteiger partial charge >= 0.3 is 12.1 Å². The van der Waals surface area contributed by atoms with Crippen LogP contribution in [-0.2, 0) is 9.47 Å². The monoisotopic (exact) mass is 425 g/mol. The molecule has 2 aromatic heterocycles. The Balaban J connectivity index is 2.03. The van der Waals surface area contributed by atoms with Crippen molar-refractivity contribution in [3.63, 3.8) is 0 Å². The SMILES string of the molecule is CCOC(=O)c1cccc(C2CCCC(c3ncccc3C)N2C(=O)OC(C)(C)C)n1. The molecule has 0 aromatic carbocycles. The molecule has 0 N–H and O–H groups in total. The van der Waals surface area contributed by atoms with Gasteiger partial charge in [0.05, 0.1) is 30.1 Å². The predicted molar refractivity (Wildman–Crippen MR) is 117 cm³/mol. The van der Waals surface area contributed by atoms with Crippen molar-refractivity contribution in [3.05, 3.63) is 59.2 Å². The largest absolute Gasteiger partial charge is 0.461 e. The van der Waals surface area contributed by atoms with E-state index < -0.39 is 17.7 Å². The molecule has 166 valence electrons. The number of hydrogen-bond donors (Lipinski definition) is 0. The van der Waals surface area contributed by atoms with Gasteiger partial charge in [-0.3, -0.25) is 9.88 Å². The lowest BCUT2D eigenvalue weighted by atomic mass is 9.90. The first-order valence-corrected chi connectivity index (χ1v) is 10.8. The zero-order chi connectivity index (χ0) is 22.6. The number of carbonyl (C=O) groups is 2. The van der Waals surface area contributed by atoms with Gasteiger partial charge in [0, 0.05) is 6.20 Å². The molecule has 1 amide bonds. The average Bonchev–Trinajstić information content (AvgIpc) is 2.72. The standard InChI is InChI=1S/C24H31N3O4/c1-6-30-22(28)18-12-7-11-17(26-18)19-13-8-14-20(21-16(2)10-9-15-25-21)27(19)23(29)31-24(3,4)5/h7,9-12,15,19-20H,6,8,13-14H2,1-5H3. The fourth-order valence-corrected chi connectivity index (χ4v) is 3.93. The molecule has 7 nitrogen and oxygen atoms in total. The van der Waals surface area contributed by atoms with E-state index in [0.717, 1.165) is 30.5 Å². The number of aromatic nitrogens is 2. The third kappa shape index (κ3) is 5.40.